The summed E-state index contributed by atoms with van der Waals surface area (Å²) in [4.78, 5) is 24.9. The predicted molar refractivity (Wildman–Crippen MR) is 130 cm³/mol. The molecule has 0 saturated heterocycles. The smallest absolute Gasteiger partial charge is 0.317 e. The summed E-state index contributed by atoms with van der Waals surface area (Å²) in [6.45, 7) is 6.80. The second-order valence-electron chi connectivity index (χ2n) is 8.22. The van der Waals surface area contributed by atoms with Crippen molar-refractivity contribution in [3.63, 3.8) is 0 Å². The largest absolute Gasteiger partial charge is 0.452 e. The molecule has 1 heterocycles. The Morgan fingerprint density at radius 1 is 1.09 bits per heavy atom. The Morgan fingerprint density at radius 3 is 2.29 bits per heavy atom. The number of para-hydroxylation sites is 1. The van der Waals surface area contributed by atoms with Crippen LogP contribution in [0.2, 0.25) is 0 Å². The fourth-order valence-corrected chi connectivity index (χ4v) is 3.75. The van der Waals surface area contributed by atoms with E-state index < -0.39 is 23.5 Å². The third-order valence-corrected chi connectivity index (χ3v) is 6.35. The van der Waals surface area contributed by atoms with Crippen molar-refractivity contribution in [2.45, 2.75) is 44.5 Å². The van der Waals surface area contributed by atoms with Crippen LogP contribution in [-0.2, 0) is 14.3 Å². The van der Waals surface area contributed by atoms with E-state index in [-0.39, 0.29) is 11.7 Å². The first-order chi connectivity index (χ1) is 16.2. The Balaban J connectivity index is 1.71. The van der Waals surface area contributed by atoms with Crippen molar-refractivity contribution in [1.82, 2.24) is 20.1 Å². The number of hydrogen-bond acceptors (Lipinski definition) is 7. The van der Waals surface area contributed by atoms with E-state index >= 15 is 0 Å². The van der Waals surface area contributed by atoms with Crippen LogP contribution < -0.4 is 5.32 Å². The molecule has 0 bridgehead atoms. The van der Waals surface area contributed by atoms with Gasteiger partial charge in [0.25, 0.3) is 5.91 Å². The summed E-state index contributed by atoms with van der Waals surface area (Å²) in [5, 5.41) is 21.2. The lowest BCUT2D eigenvalue weighted by Gasteiger charge is -2.28. The number of amides is 1. The molecule has 9 heteroatoms. The molecule has 2 atom stereocenters. The van der Waals surface area contributed by atoms with Crippen molar-refractivity contribution >= 4 is 23.6 Å². The average Bonchev–Trinajstić information content (AvgIpc) is 3.27. The van der Waals surface area contributed by atoms with E-state index in [2.05, 4.69) is 21.6 Å². The van der Waals surface area contributed by atoms with Gasteiger partial charge in [-0.2, -0.15) is 5.26 Å². The van der Waals surface area contributed by atoms with Crippen molar-refractivity contribution in [1.29, 1.82) is 5.26 Å². The number of thioether (sulfide) groups is 1. The number of esters is 1. The molecule has 1 amide bonds. The Morgan fingerprint density at radius 2 is 1.71 bits per heavy atom. The van der Waals surface area contributed by atoms with Crippen molar-refractivity contribution < 1.29 is 14.3 Å². The molecule has 3 aromatic rings. The zero-order valence-corrected chi connectivity index (χ0v) is 20.4. The van der Waals surface area contributed by atoms with Gasteiger partial charge in [0.05, 0.1) is 11.8 Å². The first-order valence-corrected chi connectivity index (χ1v) is 11.9. The molecule has 176 valence electrons. The van der Waals surface area contributed by atoms with E-state index in [0.717, 1.165) is 11.3 Å². The summed E-state index contributed by atoms with van der Waals surface area (Å²) >= 11 is 1.17. The minimum Gasteiger partial charge on any atom is -0.452 e. The second-order valence-corrected chi connectivity index (χ2v) is 9.16. The number of hydrogen-bond donors (Lipinski definition) is 1. The summed E-state index contributed by atoms with van der Waals surface area (Å²) in [6, 6.07) is 21.4. The average molecular weight is 478 g/mol. The Labute approximate surface area is 203 Å². The van der Waals surface area contributed by atoms with Gasteiger partial charge in [-0.25, -0.2) is 0 Å². The molecule has 3 rings (SSSR count). The van der Waals surface area contributed by atoms with Crippen molar-refractivity contribution in [2.24, 2.45) is 5.92 Å². The molecule has 0 saturated carbocycles. The van der Waals surface area contributed by atoms with E-state index in [1.165, 1.54) is 18.7 Å². The summed E-state index contributed by atoms with van der Waals surface area (Å²) in [5.41, 5.74) is 0.704. The van der Waals surface area contributed by atoms with Crippen molar-refractivity contribution in [2.75, 3.05) is 5.75 Å². The standard InChI is InChI=1S/C25H27N5O3S/c1-17(2)25(4,16-26)27-23(32)18(3)33-21(31)15-34-24-29-28-22(19-11-7-5-8-12-19)30(24)20-13-9-6-10-14-20/h5-14,17-18H,15H2,1-4H3,(H,27,32). The lowest BCUT2D eigenvalue weighted by atomic mass is 9.90. The highest BCUT2D eigenvalue weighted by Crippen LogP contribution is 2.28. The number of nitriles is 1. The maximum atomic E-state index is 12.5. The van der Waals surface area contributed by atoms with Crippen molar-refractivity contribution in [3.05, 3.63) is 60.7 Å². The lowest BCUT2D eigenvalue weighted by Crippen LogP contribution is -2.52. The lowest BCUT2D eigenvalue weighted by molar-refractivity contribution is -0.152. The number of carbonyl (C=O) groups excluding carboxylic acids is 2. The Kier molecular flexibility index (Phi) is 8.08. The van der Waals surface area contributed by atoms with Crippen LogP contribution in [0.15, 0.2) is 65.8 Å². The van der Waals surface area contributed by atoms with Gasteiger partial charge in [-0.3, -0.25) is 14.2 Å². The molecule has 1 aromatic heterocycles. The zero-order valence-electron chi connectivity index (χ0n) is 19.6. The number of aromatic nitrogens is 3. The van der Waals surface area contributed by atoms with Gasteiger partial charge < -0.3 is 10.1 Å². The van der Waals surface area contributed by atoms with Gasteiger partial charge in [0.2, 0.25) is 0 Å². The van der Waals surface area contributed by atoms with Crippen LogP contribution in [0.5, 0.6) is 0 Å². The number of benzene rings is 2. The van der Waals surface area contributed by atoms with Gasteiger partial charge in [0.15, 0.2) is 17.1 Å². The fourth-order valence-electron chi connectivity index (χ4n) is 3.01. The molecule has 2 aromatic carbocycles. The predicted octanol–water partition coefficient (Wildman–Crippen LogP) is 4.01. The number of nitrogens with zero attached hydrogens (tertiary/aromatic N) is 4. The van der Waals surface area contributed by atoms with Gasteiger partial charge in [0.1, 0.15) is 5.54 Å². The van der Waals surface area contributed by atoms with Crippen LogP contribution in [0.25, 0.3) is 17.1 Å². The normalized spacial score (nSPS) is 13.5. The van der Waals surface area contributed by atoms with Gasteiger partial charge in [-0.1, -0.05) is 74.1 Å². The monoisotopic (exact) mass is 477 g/mol. The molecular formula is C25H27N5O3S. The SMILES string of the molecule is CC(OC(=O)CSc1nnc(-c2ccccc2)n1-c1ccccc1)C(=O)NC(C)(C#N)C(C)C. The quantitative estimate of drug-likeness (QED) is 0.366. The molecule has 2 unspecified atom stereocenters. The van der Waals surface area contributed by atoms with E-state index in [4.69, 9.17) is 4.74 Å². The van der Waals surface area contributed by atoms with E-state index in [9.17, 15) is 14.9 Å². The number of ether oxygens (including phenoxy) is 1. The van der Waals surface area contributed by atoms with Gasteiger partial charge in [-0.15, -0.1) is 10.2 Å². The highest BCUT2D eigenvalue weighted by Gasteiger charge is 2.32. The van der Waals surface area contributed by atoms with Crippen LogP contribution in [0, 0.1) is 17.2 Å². The minimum absolute atomic E-state index is 0.0585. The van der Waals surface area contributed by atoms with Gasteiger partial charge in [-0.05, 0) is 31.9 Å². The van der Waals surface area contributed by atoms with Crippen LogP contribution in [0.4, 0.5) is 0 Å². The summed E-state index contributed by atoms with van der Waals surface area (Å²) < 4.78 is 7.18. The fraction of sp³-hybridized carbons (Fsp3) is 0.320. The first kappa shape index (κ1) is 25.0. The summed E-state index contributed by atoms with van der Waals surface area (Å²) in [5.74, 6) is -0.602. The molecule has 0 aliphatic heterocycles. The molecule has 34 heavy (non-hydrogen) atoms. The van der Waals surface area contributed by atoms with E-state index in [0.29, 0.717) is 11.0 Å². The summed E-state index contributed by atoms with van der Waals surface area (Å²) in [6.07, 6.45) is -1.04. The molecule has 8 nitrogen and oxygen atoms in total. The van der Waals surface area contributed by atoms with E-state index in [1.54, 1.807) is 6.92 Å². The highest BCUT2D eigenvalue weighted by molar-refractivity contribution is 7.99. The number of nitrogens with one attached hydrogen (secondary N) is 1. The van der Waals surface area contributed by atoms with Crippen LogP contribution in [0.1, 0.15) is 27.7 Å². The third-order valence-electron chi connectivity index (χ3n) is 5.45. The summed E-state index contributed by atoms with van der Waals surface area (Å²) in [7, 11) is 0. The molecule has 0 aliphatic carbocycles. The molecule has 0 radical (unpaired) electrons. The number of rotatable bonds is 9. The molecular weight excluding hydrogens is 450 g/mol. The second kappa shape index (κ2) is 11.0. The van der Waals surface area contributed by atoms with Crippen LogP contribution >= 0.6 is 11.8 Å². The maximum Gasteiger partial charge on any atom is 0.317 e. The first-order valence-electron chi connectivity index (χ1n) is 10.9. The molecule has 0 spiro atoms. The van der Waals surface area contributed by atoms with E-state index in [1.807, 2.05) is 79.1 Å². The highest BCUT2D eigenvalue weighted by atomic mass is 32.2. The zero-order chi connectivity index (χ0) is 24.7. The third kappa shape index (κ3) is 5.83. The van der Waals surface area contributed by atoms with Crippen LogP contribution in [0.3, 0.4) is 0 Å². The van der Waals surface area contributed by atoms with Gasteiger partial charge in [0, 0.05) is 11.3 Å². The molecule has 1 N–H and O–H groups in total. The minimum atomic E-state index is -1.05. The Hall–Kier alpha value is -3.64. The van der Waals surface area contributed by atoms with Crippen LogP contribution in [-0.4, -0.2) is 44.0 Å². The topological polar surface area (TPSA) is 110 Å². The maximum absolute atomic E-state index is 12.5. The van der Waals surface area contributed by atoms with Crippen molar-refractivity contribution in [3.8, 4) is 23.1 Å². The Bertz CT molecular complexity index is 1170. The molecule has 0 aliphatic rings. The van der Waals surface area contributed by atoms with Gasteiger partial charge >= 0.3 is 5.97 Å². The molecule has 0 fully saturated rings. The number of carbonyl (C=O) groups is 2.